The van der Waals surface area contributed by atoms with Gasteiger partial charge in [-0.1, -0.05) is 92.6 Å². The van der Waals surface area contributed by atoms with Crippen LogP contribution in [0.3, 0.4) is 0 Å². The Morgan fingerprint density at radius 3 is 1.90 bits per heavy atom. The molecule has 0 N–H and O–H groups in total. The van der Waals surface area contributed by atoms with Crippen LogP contribution < -0.4 is 0 Å². The highest BCUT2D eigenvalue weighted by atomic mass is 16.2. The number of allylic oxidation sites excluding steroid dienone is 2. The number of hydrogen-bond donors (Lipinski definition) is 0. The lowest BCUT2D eigenvalue weighted by atomic mass is 9.52. The Hall–Kier alpha value is -2.48. The first kappa shape index (κ1) is 18.5. The van der Waals surface area contributed by atoms with Crippen molar-refractivity contribution in [3.05, 3.63) is 83.4 Å². The maximum Gasteiger partial charge on any atom is 0.149 e. The minimum atomic E-state index is -0.677. The average molecular weight is 385 g/mol. The molecule has 29 heavy (non-hydrogen) atoms. The SMILES string of the molecule is CCCCC1=C[C@H]2C(=O)[C@@]3(C)[C@@H](C(=O)[C@@]12C)C3(c1ccccc1)c1ccccc1. The maximum absolute atomic E-state index is 14.0. The van der Waals surface area contributed by atoms with Crippen molar-refractivity contribution in [1.82, 2.24) is 0 Å². The van der Waals surface area contributed by atoms with Crippen molar-refractivity contribution in [2.24, 2.45) is 22.7 Å². The maximum atomic E-state index is 14.0. The number of unbranched alkanes of at least 4 members (excludes halogenated alkanes) is 1. The van der Waals surface area contributed by atoms with Crippen LogP contribution in [-0.2, 0) is 15.0 Å². The zero-order valence-corrected chi connectivity index (χ0v) is 17.4. The number of ketones is 2. The lowest BCUT2D eigenvalue weighted by Crippen LogP contribution is -2.54. The summed E-state index contributed by atoms with van der Waals surface area (Å²) in [5.41, 5.74) is 1.51. The number of carbonyl (C=O) groups is 2. The highest BCUT2D eigenvalue weighted by molar-refractivity contribution is 6.15. The van der Waals surface area contributed by atoms with Crippen molar-refractivity contribution in [1.29, 1.82) is 0 Å². The molecule has 0 spiro atoms. The fourth-order valence-corrected chi connectivity index (χ4v) is 6.54. The summed E-state index contributed by atoms with van der Waals surface area (Å²) in [7, 11) is 0. The molecule has 5 rings (SSSR count). The van der Waals surface area contributed by atoms with Gasteiger partial charge < -0.3 is 0 Å². The lowest BCUT2D eigenvalue weighted by molar-refractivity contribution is -0.146. The molecule has 0 saturated heterocycles. The average Bonchev–Trinajstić information content (AvgIpc) is 3.34. The molecule has 0 aliphatic heterocycles. The van der Waals surface area contributed by atoms with Gasteiger partial charge in [0.15, 0.2) is 0 Å². The quantitative estimate of drug-likeness (QED) is 0.637. The van der Waals surface area contributed by atoms with Crippen LogP contribution >= 0.6 is 0 Å². The minimum absolute atomic E-state index is 0.248. The minimum Gasteiger partial charge on any atom is -0.298 e. The van der Waals surface area contributed by atoms with E-state index >= 15 is 0 Å². The predicted molar refractivity (Wildman–Crippen MR) is 114 cm³/mol. The van der Waals surface area contributed by atoms with Crippen molar-refractivity contribution < 1.29 is 9.59 Å². The molecule has 2 heteroatoms. The topological polar surface area (TPSA) is 34.1 Å². The molecule has 0 unspecified atom stereocenters. The number of rotatable bonds is 5. The summed E-state index contributed by atoms with van der Waals surface area (Å²) in [6.45, 7) is 6.23. The van der Waals surface area contributed by atoms with Crippen LogP contribution in [0.25, 0.3) is 0 Å². The standard InChI is InChI=1S/C27H28O2/c1-4-5-12-20-17-21-23(28)26(3)22(24(29)25(20,21)2)27(26,18-13-8-6-9-14-18)19-15-10-7-11-16-19/h6-11,13-17,21-22H,4-5,12H2,1-3H3/t21-,22+,25-,26+/m0/s1. The van der Waals surface area contributed by atoms with E-state index in [1.807, 2.05) is 50.2 Å². The van der Waals surface area contributed by atoms with Crippen molar-refractivity contribution >= 4 is 11.6 Å². The van der Waals surface area contributed by atoms with Gasteiger partial charge in [0, 0.05) is 11.3 Å². The summed E-state index contributed by atoms with van der Waals surface area (Å²) in [5.74, 6) is -0.0419. The molecule has 3 aliphatic rings. The van der Waals surface area contributed by atoms with Gasteiger partial charge in [-0.3, -0.25) is 9.59 Å². The Balaban J connectivity index is 1.69. The molecule has 0 heterocycles. The lowest BCUT2D eigenvalue weighted by Gasteiger charge is -2.48. The Morgan fingerprint density at radius 1 is 0.828 bits per heavy atom. The largest absolute Gasteiger partial charge is 0.298 e. The molecular weight excluding hydrogens is 356 g/mol. The Morgan fingerprint density at radius 2 is 1.38 bits per heavy atom. The van der Waals surface area contributed by atoms with Crippen molar-refractivity contribution in [2.75, 3.05) is 0 Å². The van der Waals surface area contributed by atoms with E-state index in [2.05, 4.69) is 37.3 Å². The van der Waals surface area contributed by atoms with E-state index in [9.17, 15) is 9.59 Å². The predicted octanol–water partition coefficient (Wildman–Crippen LogP) is 5.51. The van der Waals surface area contributed by atoms with Crippen molar-refractivity contribution in [3.63, 3.8) is 0 Å². The molecule has 2 saturated carbocycles. The number of hydrogen-bond acceptors (Lipinski definition) is 2. The molecule has 2 fully saturated rings. The Kier molecular flexibility index (Phi) is 3.84. The molecule has 3 aliphatic carbocycles. The van der Waals surface area contributed by atoms with Crippen LogP contribution in [0.5, 0.6) is 0 Å². The number of carbonyl (C=O) groups excluding carboxylic acids is 2. The first-order valence-corrected chi connectivity index (χ1v) is 10.9. The normalized spacial score (nSPS) is 34.0. The summed E-state index contributed by atoms with van der Waals surface area (Å²) in [5, 5.41) is 0. The first-order valence-electron chi connectivity index (χ1n) is 10.9. The van der Waals surface area contributed by atoms with E-state index in [0.717, 1.165) is 30.4 Å². The second kappa shape index (κ2) is 6.01. The third-order valence-electron chi connectivity index (χ3n) is 8.23. The molecule has 2 aromatic carbocycles. The van der Waals surface area contributed by atoms with Crippen LogP contribution in [0, 0.1) is 22.7 Å². The van der Waals surface area contributed by atoms with Gasteiger partial charge in [0.1, 0.15) is 11.6 Å². The molecule has 0 radical (unpaired) electrons. The summed E-state index contributed by atoms with van der Waals surface area (Å²) in [6.07, 6.45) is 5.20. The smallest absolute Gasteiger partial charge is 0.149 e. The van der Waals surface area contributed by atoms with E-state index in [0.29, 0.717) is 0 Å². The van der Waals surface area contributed by atoms with Gasteiger partial charge in [0.25, 0.3) is 0 Å². The third-order valence-corrected chi connectivity index (χ3v) is 8.23. The summed E-state index contributed by atoms with van der Waals surface area (Å²) >= 11 is 0. The van der Waals surface area contributed by atoms with Gasteiger partial charge in [-0.15, -0.1) is 0 Å². The van der Waals surface area contributed by atoms with Gasteiger partial charge in [-0.2, -0.15) is 0 Å². The second-order valence-corrected chi connectivity index (χ2v) is 9.38. The highest BCUT2D eigenvalue weighted by Gasteiger charge is 2.86. The van der Waals surface area contributed by atoms with E-state index < -0.39 is 16.2 Å². The molecule has 148 valence electrons. The van der Waals surface area contributed by atoms with Crippen LogP contribution in [0.2, 0.25) is 0 Å². The summed E-state index contributed by atoms with van der Waals surface area (Å²) < 4.78 is 0. The first-order chi connectivity index (χ1) is 13.9. The Labute approximate surface area is 173 Å². The van der Waals surface area contributed by atoms with Crippen LogP contribution in [0.4, 0.5) is 0 Å². The van der Waals surface area contributed by atoms with E-state index in [4.69, 9.17) is 0 Å². The zero-order valence-electron chi connectivity index (χ0n) is 17.4. The fraction of sp³-hybridized carbons (Fsp3) is 0.407. The molecule has 2 nitrogen and oxygen atoms in total. The van der Waals surface area contributed by atoms with Gasteiger partial charge in [-0.25, -0.2) is 0 Å². The van der Waals surface area contributed by atoms with Gasteiger partial charge >= 0.3 is 0 Å². The summed E-state index contributed by atoms with van der Waals surface area (Å²) in [6, 6.07) is 20.4. The van der Waals surface area contributed by atoms with Gasteiger partial charge in [0.05, 0.1) is 16.7 Å². The Bertz CT molecular complexity index is 980. The fourth-order valence-electron chi connectivity index (χ4n) is 6.54. The molecule has 0 aromatic heterocycles. The molecule has 0 amide bonds. The van der Waals surface area contributed by atoms with E-state index in [1.165, 1.54) is 5.57 Å². The number of Topliss-reactive ketones (excluding diaryl/α,β-unsaturated/α-hetero) is 2. The molecule has 4 atom stereocenters. The molecule has 2 aromatic rings. The summed E-state index contributed by atoms with van der Waals surface area (Å²) in [4.78, 5) is 27.9. The van der Waals surface area contributed by atoms with Crippen LogP contribution in [0.15, 0.2) is 72.3 Å². The third kappa shape index (κ3) is 1.98. The van der Waals surface area contributed by atoms with Gasteiger partial charge in [-0.05, 0) is 30.9 Å². The molecule has 0 bridgehead atoms. The highest BCUT2D eigenvalue weighted by Crippen LogP contribution is 2.79. The van der Waals surface area contributed by atoms with Crippen LogP contribution in [0.1, 0.15) is 51.2 Å². The number of benzene rings is 2. The second-order valence-electron chi connectivity index (χ2n) is 9.38. The van der Waals surface area contributed by atoms with Gasteiger partial charge in [0.2, 0.25) is 0 Å². The number of fused-ring (bicyclic) bond motifs is 2. The van der Waals surface area contributed by atoms with Crippen LogP contribution in [-0.4, -0.2) is 11.6 Å². The van der Waals surface area contributed by atoms with Crippen molar-refractivity contribution in [3.8, 4) is 0 Å². The van der Waals surface area contributed by atoms with E-state index in [1.54, 1.807) is 0 Å². The molecular formula is C27H28O2. The van der Waals surface area contributed by atoms with E-state index in [-0.39, 0.29) is 23.4 Å². The zero-order chi connectivity index (χ0) is 20.4. The van der Waals surface area contributed by atoms with Crippen molar-refractivity contribution in [2.45, 2.75) is 45.4 Å². The monoisotopic (exact) mass is 384 g/mol.